The number of para-hydroxylation sites is 1. The van der Waals surface area contributed by atoms with Gasteiger partial charge in [-0.1, -0.05) is 12.1 Å². The summed E-state index contributed by atoms with van der Waals surface area (Å²) in [5.74, 6) is -0.996. The molecule has 0 saturated carbocycles. The van der Waals surface area contributed by atoms with E-state index in [-0.39, 0.29) is 16.9 Å². The second kappa shape index (κ2) is 4.96. The lowest BCUT2D eigenvalue weighted by molar-refractivity contribution is 0.112. The number of halogens is 2. The molecule has 0 aromatic heterocycles. The molecule has 0 N–H and O–H groups in total. The predicted molar refractivity (Wildman–Crippen MR) is 66.3 cm³/mol. The molecule has 18 heavy (non-hydrogen) atoms. The van der Waals surface area contributed by atoms with Crippen LogP contribution in [0.2, 0.25) is 0 Å². The predicted octanol–water partition coefficient (Wildman–Crippen LogP) is 3.55. The molecule has 0 fully saturated rings. The number of hydrogen-bond acceptors (Lipinski definition) is 2. The molecule has 0 aliphatic rings. The van der Waals surface area contributed by atoms with Crippen LogP contribution in [-0.4, -0.2) is 13.3 Å². The highest BCUT2D eigenvalue weighted by atomic mass is 19.1. The zero-order chi connectivity index (χ0) is 13.1. The van der Waals surface area contributed by atoms with E-state index in [1.807, 2.05) is 0 Å². The summed E-state index contributed by atoms with van der Waals surface area (Å²) < 4.78 is 27.4. The highest BCUT2D eigenvalue weighted by molar-refractivity contribution is 5.76. The molecule has 0 spiro atoms. The van der Waals surface area contributed by atoms with Crippen LogP contribution in [0, 0.1) is 11.6 Å². The first-order valence-electron chi connectivity index (χ1n) is 5.36. The van der Waals surface area contributed by atoms with Gasteiger partial charge < -0.3 is 4.90 Å². The lowest BCUT2D eigenvalue weighted by Gasteiger charge is -2.20. The third-order valence-electron chi connectivity index (χ3n) is 2.68. The van der Waals surface area contributed by atoms with Crippen molar-refractivity contribution in [2.45, 2.75) is 0 Å². The van der Waals surface area contributed by atoms with Gasteiger partial charge in [-0.15, -0.1) is 0 Å². The summed E-state index contributed by atoms with van der Waals surface area (Å²) in [6.07, 6.45) is 0.565. The summed E-state index contributed by atoms with van der Waals surface area (Å²) in [4.78, 5) is 11.9. The third kappa shape index (κ3) is 2.22. The number of anilines is 2. The number of rotatable bonds is 3. The van der Waals surface area contributed by atoms with Crippen LogP contribution >= 0.6 is 0 Å². The van der Waals surface area contributed by atoms with Crippen molar-refractivity contribution in [3.05, 3.63) is 59.7 Å². The van der Waals surface area contributed by atoms with Crippen LogP contribution in [0.1, 0.15) is 10.4 Å². The van der Waals surface area contributed by atoms with E-state index in [0.717, 1.165) is 6.07 Å². The molecule has 0 aliphatic carbocycles. The van der Waals surface area contributed by atoms with Gasteiger partial charge in [0, 0.05) is 12.6 Å². The Bertz CT molecular complexity index is 584. The van der Waals surface area contributed by atoms with E-state index in [4.69, 9.17) is 0 Å². The van der Waals surface area contributed by atoms with E-state index in [0.29, 0.717) is 6.29 Å². The summed E-state index contributed by atoms with van der Waals surface area (Å²) in [5.41, 5.74) is 0.735. The molecule has 0 bridgehead atoms. The maximum atomic E-state index is 13.8. The van der Waals surface area contributed by atoms with E-state index in [1.54, 1.807) is 25.2 Å². The number of carbonyl (C=O) groups excluding carboxylic acids is 1. The zero-order valence-corrected chi connectivity index (χ0v) is 9.73. The van der Waals surface area contributed by atoms with Gasteiger partial charge in [0.25, 0.3) is 0 Å². The molecule has 2 rings (SSSR count). The van der Waals surface area contributed by atoms with Crippen LogP contribution in [0.25, 0.3) is 0 Å². The minimum Gasteiger partial charge on any atom is -0.340 e. The molecule has 0 radical (unpaired) electrons. The fourth-order valence-corrected chi connectivity index (χ4v) is 1.72. The van der Waals surface area contributed by atoms with Gasteiger partial charge in [0.05, 0.1) is 11.4 Å². The first-order chi connectivity index (χ1) is 8.63. The highest BCUT2D eigenvalue weighted by Crippen LogP contribution is 2.28. The average Bonchev–Trinajstić information content (AvgIpc) is 2.38. The smallest absolute Gasteiger partial charge is 0.150 e. The van der Waals surface area contributed by atoms with Crippen molar-refractivity contribution in [3.8, 4) is 0 Å². The van der Waals surface area contributed by atoms with Gasteiger partial charge in [-0.05, 0) is 30.3 Å². The molecule has 0 heterocycles. The molecule has 0 atom stereocenters. The Hall–Kier alpha value is -2.23. The van der Waals surface area contributed by atoms with E-state index in [2.05, 4.69) is 0 Å². The largest absolute Gasteiger partial charge is 0.340 e. The Morgan fingerprint density at radius 3 is 2.28 bits per heavy atom. The quantitative estimate of drug-likeness (QED) is 0.773. The van der Waals surface area contributed by atoms with Crippen molar-refractivity contribution < 1.29 is 13.6 Å². The Labute approximate surface area is 103 Å². The fourth-order valence-electron chi connectivity index (χ4n) is 1.72. The summed E-state index contributed by atoms with van der Waals surface area (Å²) in [6, 6.07) is 10.2. The van der Waals surface area contributed by atoms with Crippen LogP contribution in [0.5, 0.6) is 0 Å². The molecule has 0 unspecified atom stereocenters. The zero-order valence-electron chi connectivity index (χ0n) is 9.73. The molecular formula is C14H11F2NO. The average molecular weight is 247 g/mol. The van der Waals surface area contributed by atoms with Gasteiger partial charge in [-0.25, -0.2) is 8.78 Å². The SMILES string of the molecule is CN(c1ccccc1F)c1ccc(C=O)cc1F. The van der Waals surface area contributed by atoms with Crippen LogP contribution in [0.3, 0.4) is 0 Å². The minimum atomic E-state index is -0.564. The Morgan fingerprint density at radius 1 is 1.00 bits per heavy atom. The molecule has 92 valence electrons. The number of benzene rings is 2. The molecule has 2 aromatic rings. The van der Waals surface area contributed by atoms with Gasteiger partial charge >= 0.3 is 0 Å². The maximum Gasteiger partial charge on any atom is 0.150 e. The molecule has 0 saturated heterocycles. The van der Waals surface area contributed by atoms with Crippen LogP contribution in [-0.2, 0) is 0 Å². The summed E-state index contributed by atoms with van der Waals surface area (Å²) in [5, 5.41) is 0. The monoisotopic (exact) mass is 247 g/mol. The molecule has 2 aromatic carbocycles. The van der Waals surface area contributed by atoms with E-state index in [1.165, 1.54) is 23.1 Å². The van der Waals surface area contributed by atoms with E-state index < -0.39 is 11.6 Å². The maximum absolute atomic E-state index is 13.8. The molecule has 4 heteroatoms. The molecular weight excluding hydrogens is 236 g/mol. The second-order valence-electron chi connectivity index (χ2n) is 3.84. The highest BCUT2D eigenvalue weighted by Gasteiger charge is 2.13. The van der Waals surface area contributed by atoms with Crippen molar-refractivity contribution in [3.63, 3.8) is 0 Å². The van der Waals surface area contributed by atoms with Crippen molar-refractivity contribution in [2.75, 3.05) is 11.9 Å². The van der Waals surface area contributed by atoms with Crippen molar-refractivity contribution in [1.29, 1.82) is 0 Å². The standard InChI is InChI=1S/C14H11F2NO/c1-17(13-5-3-2-4-11(13)15)14-7-6-10(9-18)8-12(14)16/h2-9H,1H3. The topological polar surface area (TPSA) is 20.3 Å². The van der Waals surface area contributed by atoms with Gasteiger partial charge in [0.1, 0.15) is 17.9 Å². The van der Waals surface area contributed by atoms with Crippen LogP contribution in [0.4, 0.5) is 20.2 Å². The van der Waals surface area contributed by atoms with E-state index >= 15 is 0 Å². The third-order valence-corrected chi connectivity index (χ3v) is 2.68. The fraction of sp³-hybridized carbons (Fsp3) is 0.0714. The number of aldehydes is 1. The van der Waals surface area contributed by atoms with Gasteiger partial charge in [0.15, 0.2) is 0 Å². The Balaban J connectivity index is 2.43. The van der Waals surface area contributed by atoms with Crippen LogP contribution in [0.15, 0.2) is 42.5 Å². The summed E-state index contributed by atoms with van der Waals surface area (Å²) >= 11 is 0. The second-order valence-corrected chi connectivity index (χ2v) is 3.84. The molecule has 0 amide bonds. The van der Waals surface area contributed by atoms with Crippen molar-refractivity contribution in [2.24, 2.45) is 0 Å². The molecule has 0 aliphatic heterocycles. The number of hydrogen-bond donors (Lipinski definition) is 0. The molecule has 2 nitrogen and oxygen atoms in total. The van der Waals surface area contributed by atoms with Crippen molar-refractivity contribution >= 4 is 17.7 Å². The lowest BCUT2D eigenvalue weighted by Crippen LogP contribution is -2.13. The summed E-state index contributed by atoms with van der Waals surface area (Å²) in [7, 11) is 1.57. The normalized spacial score (nSPS) is 10.2. The first kappa shape index (κ1) is 12.2. The Kier molecular flexibility index (Phi) is 3.37. The number of nitrogens with zero attached hydrogens (tertiary/aromatic N) is 1. The minimum absolute atomic E-state index is 0.214. The lowest BCUT2D eigenvalue weighted by atomic mass is 10.2. The van der Waals surface area contributed by atoms with Gasteiger partial charge in [-0.2, -0.15) is 0 Å². The number of carbonyl (C=O) groups is 1. The van der Waals surface area contributed by atoms with Gasteiger partial charge in [0.2, 0.25) is 0 Å². The summed E-state index contributed by atoms with van der Waals surface area (Å²) in [6.45, 7) is 0. The van der Waals surface area contributed by atoms with Crippen molar-refractivity contribution in [1.82, 2.24) is 0 Å². The van der Waals surface area contributed by atoms with Crippen LogP contribution < -0.4 is 4.90 Å². The van der Waals surface area contributed by atoms with E-state index in [9.17, 15) is 13.6 Å². The Morgan fingerprint density at radius 2 is 1.67 bits per heavy atom. The van der Waals surface area contributed by atoms with Gasteiger partial charge in [-0.3, -0.25) is 4.79 Å². The first-order valence-corrected chi connectivity index (χ1v) is 5.36.